The van der Waals surface area contributed by atoms with Crippen molar-refractivity contribution in [3.63, 3.8) is 0 Å². The van der Waals surface area contributed by atoms with E-state index in [0.717, 1.165) is 11.3 Å². The maximum absolute atomic E-state index is 11.8. The summed E-state index contributed by atoms with van der Waals surface area (Å²) in [6, 6.07) is 2.55. The molecule has 6 nitrogen and oxygen atoms in total. The molecule has 0 radical (unpaired) electrons. The van der Waals surface area contributed by atoms with Crippen molar-refractivity contribution in [3.05, 3.63) is 17.0 Å². The lowest BCUT2D eigenvalue weighted by atomic mass is 10.5. The second-order valence-electron chi connectivity index (χ2n) is 3.74. The van der Waals surface area contributed by atoms with Crippen LogP contribution in [0.15, 0.2) is 16.3 Å². The molecular weight excluding hydrogens is 278 g/mol. The van der Waals surface area contributed by atoms with Gasteiger partial charge in [-0.15, -0.1) is 11.3 Å². The van der Waals surface area contributed by atoms with Gasteiger partial charge >= 0.3 is 5.97 Å². The molecule has 0 aliphatic carbocycles. The molecule has 0 saturated heterocycles. The van der Waals surface area contributed by atoms with Gasteiger partial charge in [-0.3, -0.25) is 0 Å². The van der Waals surface area contributed by atoms with Crippen molar-refractivity contribution in [2.75, 3.05) is 13.2 Å². The minimum atomic E-state index is -3.65. The van der Waals surface area contributed by atoms with Crippen LogP contribution in [-0.2, 0) is 14.8 Å². The molecule has 0 bridgehead atoms. The minimum Gasteiger partial charge on any atom is -0.477 e. The number of hydrogen-bond acceptors (Lipinski definition) is 5. The van der Waals surface area contributed by atoms with Crippen LogP contribution in [-0.4, -0.2) is 38.7 Å². The predicted molar refractivity (Wildman–Crippen MR) is 67.6 cm³/mol. The summed E-state index contributed by atoms with van der Waals surface area (Å²) in [4.78, 5) is 10.6. The van der Waals surface area contributed by atoms with Crippen LogP contribution in [0.25, 0.3) is 0 Å². The molecule has 1 aromatic rings. The van der Waals surface area contributed by atoms with Gasteiger partial charge in [-0.1, -0.05) is 0 Å². The molecule has 8 heteroatoms. The van der Waals surface area contributed by atoms with Crippen molar-refractivity contribution in [3.8, 4) is 0 Å². The monoisotopic (exact) mass is 293 g/mol. The molecule has 1 aromatic heterocycles. The number of rotatable bonds is 7. The van der Waals surface area contributed by atoms with Gasteiger partial charge in [0.05, 0.1) is 12.7 Å². The summed E-state index contributed by atoms with van der Waals surface area (Å²) in [6.07, 6.45) is 0.0369. The number of ether oxygens (including phenoxy) is 1. The van der Waals surface area contributed by atoms with Gasteiger partial charge < -0.3 is 9.84 Å². The summed E-state index contributed by atoms with van der Waals surface area (Å²) < 4.78 is 31.1. The molecule has 2 N–H and O–H groups in total. The highest BCUT2D eigenvalue weighted by Gasteiger charge is 2.18. The van der Waals surface area contributed by atoms with E-state index in [1.807, 2.05) is 13.8 Å². The number of thiophene rings is 1. The summed E-state index contributed by atoms with van der Waals surface area (Å²) in [5.74, 6) is -1.13. The summed E-state index contributed by atoms with van der Waals surface area (Å²) in [6.45, 7) is 4.13. The SMILES string of the molecule is CC(C)OCCNS(=O)(=O)c1ccc(C(=O)O)s1. The zero-order valence-corrected chi connectivity index (χ0v) is 11.7. The smallest absolute Gasteiger partial charge is 0.345 e. The molecule has 0 aliphatic heterocycles. The highest BCUT2D eigenvalue weighted by molar-refractivity contribution is 7.91. The van der Waals surface area contributed by atoms with Gasteiger partial charge in [0, 0.05) is 6.54 Å². The lowest BCUT2D eigenvalue weighted by molar-refractivity contribution is 0.0702. The Kier molecular flexibility index (Phi) is 5.27. The number of sulfonamides is 1. The highest BCUT2D eigenvalue weighted by atomic mass is 32.2. The van der Waals surface area contributed by atoms with E-state index in [9.17, 15) is 13.2 Å². The largest absolute Gasteiger partial charge is 0.477 e. The van der Waals surface area contributed by atoms with Crippen LogP contribution < -0.4 is 4.72 Å². The Morgan fingerprint density at radius 3 is 2.67 bits per heavy atom. The van der Waals surface area contributed by atoms with Crippen LogP contribution in [0.2, 0.25) is 0 Å². The van der Waals surface area contributed by atoms with Gasteiger partial charge in [0.1, 0.15) is 9.09 Å². The summed E-state index contributed by atoms with van der Waals surface area (Å²) in [5, 5.41) is 8.71. The van der Waals surface area contributed by atoms with Crippen LogP contribution in [0.5, 0.6) is 0 Å². The predicted octanol–water partition coefficient (Wildman–Crippen LogP) is 1.15. The van der Waals surface area contributed by atoms with Gasteiger partial charge in [-0.2, -0.15) is 0 Å². The van der Waals surface area contributed by atoms with E-state index >= 15 is 0 Å². The minimum absolute atomic E-state index is 0.00574. The maximum atomic E-state index is 11.8. The molecule has 1 rings (SSSR count). The van der Waals surface area contributed by atoms with Gasteiger partial charge in [-0.05, 0) is 26.0 Å². The normalized spacial score (nSPS) is 11.9. The lowest BCUT2D eigenvalue weighted by Crippen LogP contribution is -2.27. The molecule has 0 amide bonds. The van der Waals surface area contributed by atoms with E-state index in [0.29, 0.717) is 0 Å². The fraction of sp³-hybridized carbons (Fsp3) is 0.500. The summed E-state index contributed by atoms with van der Waals surface area (Å²) in [7, 11) is -3.65. The Labute approximate surface area is 110 Å². The molecule has 0 aromatic carbocycles. The molecule has 0 spiro atoms. The first kappa shape index (κ1) is 15.1. The van der Waals surface area contributed by atoms with Crippen LogP contribution in [0.4, 0.5) is 0 Å². The fourth-order valence-corrected chi connectivity index (χ4v) is 3.32. The third kappa shape index (κ3) is 4.37. The van der Waals surface area contributed by atoms with Gasteiger partial charge in [0.15, 0.2) is 0 Å². The average molecular weight is 293 g/mol. The Morgan fingerprint density at radius 1 is 1.50 bits per heavy atom. The number of aromatic carboxylic acids is 1. The standard InChI is InChI=1S/C10H15NO5S2/c1-7(2)16-6-5-11-18(14,15)9-4-3-8(17-9)10(12)13/h3-4,7,11H,5-6H2,1-2H3,(H,12,13). The van der Waals surface area contributed by atoms with Gasteiger partial charge in [0.2, 0.25) is 10.0 Å². The Morgan fingerprint density at radius 2 is 2.17 bits per heavy atom. The van der Waals surface area contributed by atoms with Crippen molar-refractivity contribution in [2.24, 2.45) is 0 Å². The number of carboxylic acids is 1. The number of nitrogens with one attached hydrogen (secondary N) is 1. The van der Waals surface area contributed by atoms with Crippen molar-refractivity contribution in [1.82, 2.24) is 4.72 Å². The second-order valence-corrected chi connectivity index (χ2v) is 6.82. The molecule has 18 heavy (non-hydrogen) atoms. The fourth-order valence-electron chi connectivity index (χ4n) is 1.12. The summed E-state index contributed by atoms with van der Waals surface area (Å²) in [5.41, 5.74) is 0. The molecule has 0 saturated carbocycles. The Balaban J connectivity index is 2.60. The molecular formula is C10H15NO5S2. The van der Waals surface area contributed by atoms with E-state index in [1.54, 1.807) is 0 Å². The molecule has 1 heterocycles. The van der Waals surface area contributed by atoms with Crippen LogP contribution >= 0.6 is 11.3 Å². The van der Waals surface area contributed by atoms with Crippen molar-refractivity contribution in [1.29, 1.82) is 0 Å². The van der Waals surface area contributed by atoms with E-state index in [2.05, 4.69) is 4.72 Å². The van der Waals surface area contributed by atoms with Crippen LogP contribution in [0, 0.1) is 0 Å². The first-order chi connectivity index (χ1) is 8.33. The van der Waals surface area contributed by atoms with Crippen molar-refractivity contribution in [2.45, 2.75) is 24.2 Å². The van der Waals surface area contributed by atoms with Gasteiger partial charge in [-0.25, -0.2) is 17.9 Å². The zero-order chi connectivity index (χ0) is 13.8. The van der Waals surface area contributed by atoms with E-state index in [4.69, 9.17) is 9.84 Å². The maximum Gasteiger partial charge on any atom is 0.345 e. The van der Waals surface area contributed by atoms with E-state index in [-0.39, 0.29) is 28.3 Å². The zero-order valence-electron chi connectivity index (χ0n) is 10.0. The Hall–Kier alpha value is -0.960. The van der Waals surface area contributed by atoms with Gasteiger partial charge in [0.25, 0.3) is 0 Å². The number of carboxylic acid groups (broad SMARTS) is 1. The summed E-state index contributed by atoms with van der Waals surface area (Å²) >= 11 is 0.721. The molecule has 0 fully saturated rings. The number of carbonyl (C=O) groups is 1. The molecule has 0 unspecified atom stereocenters. The topological polar surface area (TPSA) is 92.7 Å². The number of hydrogen-bond donors (Lipinski definition) is 2. The average Bonchev–Trinajstić information content (AvgIpc) is 2.74. The van der Waals surface area contributed by atoms with Crippen molar-refractivity contribution < 1.29 is 23.1 Å². The van der Waals surface area contributed by atoms with E-state index in [1.165, 1.54) is 12.1 Å². The van der Waals surface area contributed by atoms with Crippen LogP contribution in [0.3, 0.4) is 0 Å². The highest BCUT2D eigenvalue weighted by Crippen LogP contribution is 2.21. The molecule has 0 aliphatic rings. The van der Waals surface area contributed by atoms with Crippen molar-refractivity contribution >= 4 is 27.3 Å². The lowest BCUT2D eigenvalue weighted by Gasteiger charge is -2.08. The first-order valence-corrected chi connectivity index (χ1v) is 7.57. The molecule has 0 atom stereocenters. The first-order valence-electron chi connectivity index (χ1n) is 5.27. The quantitative estimate of drug-likeness (QED) is 0.736. The second kappa shape index (κ2) is 6.28. The third-order valence-electron chi connectivity index (χ3n) is 1.90. The Bertz CT molecular complexity index is 506. The third-order valence-corrected chi connectivity index (χ3v) is 4.93. The van der Waals surface area contributed by atoms with E-state index < -0.39 is 16.0 Å². The van der Waals surface area contributed by atoms with Crippen LogP contribution in [0.1, 0.15) is 23.5 Å². The molecule has 102 valence electrons.